The highest BCUT2D eigenvalue weighted by molar-refractivity contribution is 9.10. The number of nitrogens with two attached hydrogens (primary N) is 2. The van der Waals surface area contributed by atoms with Gasteiger partial charge in [-0.1, -0.05) is 26.8 Å². The number of aromatic nitrogens is 2. The van der Waals surface area contributed by atoms with E-state index in [0.29, 0.717) is 34.6 Å². The van der Waals surface area contributed by atoms with Crippen LogP contribution >= 0.6 is 39.0 Å². The normalized spacial score (nSPS) is 29.5. The Bertz CT molecular complexity index is 1010. The molecule has 4 rings (SSSR count). The molecule has 8 heteroatoms. The number of hydrazine groups is 1. The molecule has 6 atom stereocenters. The minimum Gasteiger partial charge on any atom is -0.395 e. The van der Waals surface area contributed by atoms with Crippen molar-refractivity contribution in [3.05, 3.63) is 51.3 Å². The molecule has 4 N–H and O–H groups in total. The number of hydrogen-bond acceptors (Lipinski definition) is 7. The highest BCUT2D eigenvalue weighted by atomic mass is 79.9. The Kier molecular flexibility index (Phi) is 7.34. The van der Waals surface area contributed by atoms with Crippen molar-refractivity contribution in [3.63, 3.8) is 0 Å². The van der Waals surface area contributed by atoms with E-state index in [0.717, 1.165) is 33.7 Å². The van der Waals surface area contributed by atoms with Gasteiger partial charge in [0.2, 0.25) is 0 Å². The molecule has 0 saturated heterocycles. The molecule has 0 aliphatic heterocycles. The van der Waals surface area contributed by atoms with Gasteiger partial charge in [0, 0.05) is 38.1 Å². The fourth-order valence-electron chi connectivity index (χ4n) is 5.34. The molecular weight excluding hydrogens is 502 g/mol. The summed E-state index contributed by atoms with van der Waals surface area (Å²) in [5.41, 5.74) is 8.98. The van der Waals surface area contributed by atoms with Gasteiger partial charge in [-0.05, 0) is 71.5 Å². The Balaban J connectivity index is 1.62. The van der Waals surface area contributed by atoms with E-state index < -0.39 is 0 Å². The third-order valence-electron chi connectivity index (χ3n) is 6.89. The molecule has 0 amide bonds. The molecule has 0 aromatic carbocycles. The Morgan fingerprint density at radius 2 is 2.25 bits per heavy atom. The molecule has 6 unspecified atom stereocenters. The van der Waals surface area contributed by atoms with Crippen molar-refractivity contribution >= 4 is 50.8 Å². The molecule has 2 heterocycles. The zero-order chi connectivity index (χ0) is 23.0. The molecule has 0 radical (unpaired) electrons. The number of halogens is 1. The lowest BCUT2D eigenvalue weighted by Gasteiger charge is -2.42. The summed E-state index contributed by atoms with van der Waals surface area (Å²) < 4.78 is 0.998. The third-order valence-corrected chi connectivity index (χ3v) is 9.76. The lowest BCUT2D eigenvalue weighted by Crippen LogP contribution is -2.49. The average Bonchev–Trinajstić information content (AvgIpc) is 3.17. The third kappa shape index (κ3) is 4.79. The second kappa shape index (κ2) is 9.87. The summed E-state index contributed by atoms with van der Waals surface area (Å²) in [7, 11) is 0. The first kappa shape index (κ1) is 23.8. The maximum Gasteiger partial charge on any atom is 0.140 e. The molecular formula is C24H32BrN5S2. The number of rotatable bonds is 8. The van der Waals surface area contributed by atoms with E-state index in [1.807, 2.05) is 47.5 Å². The first-order valence-corrected chi connectivity index (χ1v) is 13.8. The van der Waals surface area contributed by atoms with Gasteiger partial charge in [0.15, 0.2) is 0 Å². The average molecular weight is 535 g/mol. The fourth-order valence-corrected chi connectivity index (χ4v) is 8.11. The molecule has 2 saturated carbocycles. The molecule has 2 aromatic rings. The molecule has 2 aromatic heterocycles. The van der Waals surface area contributed by atoms with Crippen LogP contribution in [0.5, 0.6) is 0 Å². The lowest BCUT2D eigenvalue weighted by molar-refractivity contribution is 0.134. The second-order valence-corrected chi connectivity index (χ2v) is 12.1. The van der Waals surface area contributed by atoms with Crippen LogP contribution in [0, 0.1) is 30.6 Å². The van der Waals surface area contributed by atoms with Gasteiger partial charge in [0.05, 0.1) is 17.4 Å². The van der Waals surface area contributed by atoms with Gasteiger partial charge in [0.25, 0.3) is 0 Å². The van der Waals surface area contributed by atoms with E-state index >= 15 is 0 Å². The number of pyridine rings is 1. The van der Waals surface area contributed by atoms with Crippen molar-refractivity contribution < 1.29 is 0 Å². The van der Waals surface area contributed by atoms with Crippen molar-refractivity contribution in [2.45, 2.75) is 56.2 Å². The molecule has 0 spiro atoms. The Morgan fingerprint density at radius 1 is 1.47 bits per heavy atom. The largest absolute Gasteiger partial charge is 0.395 e. The number of fused-ring (bicyclic) bond motifs is 1. The van der Waals surface area contributed by atoms with Crippen LogP contribution in [0.25, 0.3) is 11.8 Å². The summed E-state index contributed by atoms with van der Waals surface area (Å²) >= 11 is 7.09. The van der Waals surface area contributed by atoms with Crippen LogP contribution in [0.2, 0.25) is 0 Å². The Morgan fingerprint density at radius 3 is 2.91 bits per heavy atom. The van der Waals surface area contributed by atoms with Crippen molar-refractivity contribution in [1.29, 1.82) is 0 Å². The molecule has 0 bridgehead atoms. The SMILES string of the molecule is C=Cc1ncc(Br)cc1SC1CC2C(C)C2C(N(N)/C=C(\N)c2nc(C)cs2)C1CCC. The number of hydrogen-bond donors (Lipinski definition) is 2. The zero-order valence-corrected chi connectivity index (χ0v) is 22.1. The summed E-state index contributed by atoms with van der Waals surface area (Å²) in [5.74, 6) is 9.23. The van der Waals surface area contributed by atoms with Gasteiger partial charge in [-0.25, -0.2) is 10.8 Å². The summed E-state index contributed by atoms with van der Waals surface area (Å²) in [6.07, 6.45) is 9.09. The summed E-state index contributed by atoms with van der Waals surface area (Å²) in [4.78, 5) is 10.3. The van der Waals surface area contributed by atoms with Crippen molar-refractivity contribution in [2.75, 3.05) is 0 Å². The van der Waals surface area contributed by atoms with Crippen LogP contribution < -0.4 is 11.6 Å². The van der Waals surface area contributed by atoms with E-state index in [1.165, 1.54) is 11.3 Å². The summed E-state index contributed by atoms with van der Waals surface area (Å²) in [5, 5.41) is 5.24. The van der Waals surface area contributed by atoms with Crippen LogP contribution in [0.4, 0.5) is 0 Å². The highest BCUT2D eigenvalue weighted by Crippen LogP contribution is 2.61. The van der Waals surface area contributed by atoms with Gasteiger partial charge in [-0.15, -0.1) is 23.1 Å². The maximum absolute atomic E-state index is 6.74. The number of nitrogens with zero attached hydrogens (tertiary/aromatic N) is 3. The van der Waals surface area contributed by atoms with E-state index in [2.05, 4.69) is 52.4 Å². The second-order valence-electron chi connectivity index (χ2n) is 9.00. The molecule has 5 nitrogen and oxygen atoms in total. The molecule has 32 heavy (non-hydrogen) atoms. The van der Waals surface area contributed by atoms with E-state index in [1.54, 1.807) is 11.3 Å². The van der Waals surface area contributed by atoms with Gasteiger partial charge in [-0.3, -0.25) is 4.98 Å². The smallest absolute Gasteiger partial charge is 0.140 e. The number of aryl methyl sites for hydroxylation is 1. The first-order valence-electron chi connectivity index (χ1n) is 11.2. The fraction of sp³-hybridized carbons (Fsp3) is 0.500. The summed E-state index contributed by atoms with van der Waals surface area (Å²) in [6, 6.07) is 2.44. The quantitative estimate of drug-likeness (QED) is 0.324. The number of thiazole rings is 1. The van der Waals surface area contributed by atoms with E-state index in [9.17, 15) is 0 Å². The first-order chi connectivity index (χ1) is 15.3. The van der Waals surface area contributed by atoms with Gasteiger partial charge in [-0.2, -0.15) is 0 Å². The predicted molar refractivity (Wildman–Crippen MR) is 140 cm³/mol. The standard InChI is InChI=1S/C24H32BrN5S2/c1-5-7-16-20(32-21-8-15(25)10-28-19(21)6-2)9-17-14(4)22(17)23(16)30(27)11-18(26)24-29-13(3)12-31-24/h6,8,10-12,14,16-17,20,22-23H,2,5,7,9,26-27H2,1,3-4H3/b18-11-. The minimum absolute atomic E-state index is 0.271. The van der Waals surface area contributed by atoms with Crippen LogP contribution in [-0.2, 0) is 0 Å². The van der Waals surface area contributed by atoms with E-state index in [4.69, 9.17) is 11.6 Å². The molecule has 2 fully saturated rings. The van der Waals surface area contributed by atoms with Crippen LogP contribution in [0.1, 0.15) is 49.5 Å². The summed E-state index contributed by atoms with van der Waals surface area (Å²) in [6.45, 7) is 10.6. The van der Waals surface area contributed by atoms with Crippen molar-refractivity contribution in [2.24, 2.45) is 35.2 Å². The molecule has 2 aliphatic rings. The van der Waals surface area contributed by atoms with Crippen LogP contribution in [0.3, 0.4) is 0 Å². The lowest BCUT2D eigenvalue weighted by atomic mass is 9.81. The van der Waals surface area contributed by atoms with Gasteiger partial charge < -0.3 is 10.7 Å². The van der Waals surface area contributed by atoms with Crippen LogP contribution in [0.15, 0.2) is 39.8 Å². The van der Waals surface area contributed by atoms with Crippen molar-refractivity contribution in [3.8, 4) is 0 Å². The molecule has 2 aliphatic carbocycles. The van der Waals surface area contributed by atoms with Crippen LogP contribution in [-0.4, -0.2) is 26.3 Å². The Labute approximate surface area is 207 Å². The predicted octanol–water partition coefficient (Wildman–Crippen LogP) is 5.92. The zero-order valence-electron chi connectivity index (χ0n) is 18.9. The highest BCUT2D eigenvalue weighted by Gasteiger charge is 2.59. The number of thioether (sulfide) groups is 1. The van der Waals surface area contributed by atoms with E-state index in [-0.39, 0.29) is 6.04 Å². The van der Waals surface area contributed by atoms with Gasteiger partial charge in [0.1, 0.15) is 5.01 Å². The minimum atomic E-state index is 0.271. The van der Waals surface area contributed by atoms with Gasteiger partial charge >= 0.3 is 0 Å². The molecule has 172 valence electrons. The topological polar surface area (TPSA) is 81.1 Å². The Hall–Kier alpha value is -1.35. The monoisotopic (exact) mass is 533 g/mol. The van der Waals surface area contributed by atoms with Crippen molar-refractivity contribution in [1.82, 2.24) is 15.0 Å². The maximum atomic E-state index is 6.74.